The number of benzene rings is 3. The van der Waals surface area contributed by atoms with E-state index in [1.807, 2.05) is 75.4 Å². The van der Waals surface area contributed by atoms with Crippen molar-refractivity contribution in [2.24, 2.45) is 11.8 Å². The minimum absolute atomic E-state index is 0.100. The van der Waals surface area contributed by atoms with Crippen LogP contribution >= 0.6 is 0 Å². The third kappa shape index (κ3) is 9.18. The van der Waals surface area contributed by atoms with Crippen LogP contribution in [0.1, 0.15) is 45.6 Å². The average Bonchev–Trinajstić information content (AvgIpc) is 3.44. The van der Waals surface area contributed by atoms with Crippen molar-refractivity contribution in [3.8, 4) is 11.5 Å². The molecule has 3 aromatic carbocycles. The van der Waals surface area contributed by atoms with Gasteiger partial charge in [0.15, 0.2) is 11.5 Å². The van der Waals surface area contributed by atoms with E-state index in [2.05, 4.69) is 16.0 Å². The van der Waals surface area contributed by atoms with Crippen LogP contribution in [-0.4, -0.2) is 64.9 Å². The van der Waals surface area contributed by atoms with Crippen LogP contribution in [-0.2, 0) is 25.6 Å². The number of hydrogen-bond acceptors (Lipinski definition) is 7. The molecule has 1 aliphatic heterocycles. The quantitative estimate of drug-likeness (QED) is 0.173. The summed E-state index contributed by atoms with van der Waals surface area (Å²) in [5.41, 5.74) is 0.838. The Balaban J connectivity index is 1.40. The largest absolute Gasteiger partial charge is 0.480 e. The molecule has 0 bridgehead atoms. The maximum atomic E-state index is 13.2. The van der Waals surface area contributed by atoms with E-state index in [-0.39, 0.29) is 24.7 Å². The lowest BCUT2D eigenvalue weighted by Gasteiger charge is -2.28. The Kier molecular flexibility index (Phi) is 11.4. The zero-order valence-corrected chi connectivity index (χ0v) is 25.7. The lowest BCUT2D eigenvalue weighted by atomic mass is 9.91. The van der Waals surface area contributed by atoms with Crippen molar-refractivity contribution in [1.82, 2.24) is 16.0 Å². The summed E-state index contributed by atoms with van der Waals surface area (Å²) in [5, 5.41) is 30.8. The zero-order chi connectivity index (χ0) is 32.5. The van der Waals surface area contributed by atoms with Gasteiger partial charge in [-0.25, -0.2) is 4.79 Å². The number of carboxylic acid groups (broad SMARTS) is 1. The number of amides is 3. The Hall–Kier alpha value is -4.64. The van der Waals surface area contributed by atoms with E-state index in [1.165, 1.54) is 0 Å². The highest BCUT2D eigenvalue weighted by molar-refractivity contribution is 5.91. The van der Waals surface area contributed by atoms with Crippen LogP contribution in [0.5, 0.6) is 11.5 Å². The van der Waals surface area contributed by atoms with Gasteiger partial charge in [-0.15, -0.1) is 0 Å². The Labute approximate surface area is 262 Å². The van der Waals surface area contributed by atoms with Gasteiger partial charge in [-0.05, 0) is 53.6 Å². The molecule has 4 rings (SSSR count). The van der Waals surface area contributed by atoms with Crippen LogP contribution in [0.2, 0.25) is 0 Å². The Morgan fingerprint density at radius 2 is 1.49 bits per heavy atom. The number of hydrogen-bond donors (Lipinski definition) is 5. The summed E-state index contributed by atoms with van der Waals surface area (Å²) in [6, 6.07) is 17.8. The van der Waals surface area contributed by atoms with E-state index in [9.17, 15) is 29.4 Å². The molecule has 45 heavy (non-hydrogen) atoms. The summed E-state index contributed by atoms with van der Waals surface area (Å²) in [4.78, 5) is 50.9. The number of ether oxygens (including phenoxy) is 2. The molecule has 11 nitrogen and oxygen atoms in total. The lowest BCUT2D eigenvalue weighted by molar-refractivity contribution is -0.147. The van der Waals surface area contributed by atoms with Gasteiger partial charge in [-0.1, -0.05) is 75.4 Å². The van der Waals surface area contributed by atoms with Crippen LogP contribution in [0.25, 0.3) is 10.8 Å². The van der Waals surface area contributed by atoms with Crippen LogP contribution in [0.15, 0.2) is 66.7 Å². The Morgan fingerprint density at radius 1 is 0.889 bits per heavy atom. The average molecular weight is 620 g/mol. The molecule has 3 amide bonds. The molecule has 0 aromatic heterocycles. The summed E-state index contributed by atoms with van der Waals surface area (Å²) in [7, 11) is 0. The molecule has 0 fully saturated rings. The fourth-order valence-electron chi connectivity index (χ4n) is 5.15. The molecular formula is C34H41N3O8. The smallest absolute Gasteiger partial charge is 0.326 e. The molecular weight excluding hydrogens is 578 g/mol. The second-order valence-electron chi connectivity index (χ2n) is 11.7. The molecule has 0 spiro atoms. The second kappa shape index (κ2) is 15.4. The molecule has 0 unspecified atom stereocenters. The van der Waals surface area contributed by atoms with Crippen molar-refractivity contribution >= 4 is 34.5 Å². The molecule has 1 heterocycles. The summed E-state index contributed by atoms with van der Waals surface area (Å²) in [6.45, 7) is 6.35. The van der Waals surface area contributed by atoms with Crippen LogP contribution < -0.4 is 25.4 Å². The maximum absolute atomic E-state index is 13.2. The number of fused-ring (bicyclic) bond motifs is 2. The van der Waals surface area contributed by atoms with Gasteiger partial charge in [0.05, 0.1) is 18.6 Å². The number of aliphatic carboxylic acids is 1. The summed E-state index contributed by atoms with van der Waals surface area (Å²) < 4.78 is 11.3. The van der Waals surface area contributed by atoms with E-state index < -0.39 is 54.6 Å². The number of carbonyl (C=O) groups is 4. The van der Waals surface area contributed by atoms with Gasteiger partial charge in [0.25, 0.3) is 0 Å². The van der Waals surface area contributed by atoms with Gasteiger partial charge in [0.2, 0.25) is 11.8 Å². The molecule has 0 aliphatic carbocycles. The first-order valence-corrected chi connectivity index (χ1v) is 15.2. The molecule has 11 heteroatoms. The van der Waals surface area contributed by atoms with Gasteiger partial charge < -0.3 is 35.6 Å². The van der Waals surface area contributed by atoms with Gasteiger partial charge >= 0.3 is 18.2 Å². The summed E-state index contributed by atoms with van der Waals surface area (Å²) >= 11 is 0. The molecule has 5 N–H and O–H groups in total. The number of carbonyl (C=O) groups excluding carboxylic acids is 3. The van der Waals surface area contributed by atoms with Gasteiger partial charge in [0, 0.05) is 12.5 Å². The first-order valence-electron chi connectivity index (χ1n) is 15.2. The fourth-order valence-corrected chi connectivity index (χ4v) is 5.15. The number of carboxylic acids is 1. The third-order valence-electron chi connectivity index (χ3n) is 7.68. The Bertz CT molecular complexity index is 1450. The van der Waals surface area contributed by atoms with Crippen molar-refractivity contribution in [2.75, 3.05) is 6.54 Å². The normalized spacial score (nSPS) is 15.2. The first-order chi connectivity index (χ1) is 21.5. The molecule has 0 saturated carbocycles. The molecule has 0 saturated heterocycles. The second-order valence-corrected chi connectivity index (χ2v) is 11.7. The third-order valence-corrected chi connectivity index (χ3v) is 7.68. The van der Waals surface area contributed by atoms with Crippen LogP contribution in [0.3, 0.4) is 0 Å². The highest BCUT2D eigenvalue weighted by Gasteiger charge is 2.35. The number of aliphatic hydroxyl groups is 1. The SMILES string of the molecule is CC[C@H](C[C@H](O)[C@H](Cc1ccccc1)NC(=O)C[C@H](NC(=O)C1Oc2cc3ccccc3cc2O1)C(=O)O)C(=O)NCC(C)C. The van der Waals surface area contributed by atoms with E-state index in [0.29, 0.717) is 24.5 Å². The predicted molar refractivity (Wildman–Crippen MR) is 168 cm³/mol. The van der Waals surface area contributed by atoms with Crippen molar-refractivity contribution < 1.29 is 38.9 Å². The topological polar surface area (TPSA) is 163 Å². The first kappa shape index (κ1) is 33.3. The molecule has 0 radical (unpaired) electrons. The van der Waals surface area contributed by atoms with E-state index in [0.717, 1.165) is 16.3 Å². The van der Waals surface area contributed by atoms with Gasteiger partial charge in [-0.3, -0.25) is 14.4 Å². The van der Waals surface area contributed by atoms with Crippen LogP contribution in [0, 0.1) is 11.8 Å². The summed E-state index contributed by atoms with van der Waals surface area (Å²) in [5.74, 6) is -2.65. The highest BCUT2D eigenvalue weighted by atomic mass is 16.7. The summed E-state index contributed by atoms with van der Waals surface area (Å²) in [6.07, 6.45) is -2.29. The van der Waals surface area contributed by atoms with E-state index in [4.69, 9.17) is 9.47 Å². The maximum Gasteiger partial charge on any atom is 0.326 e. The number of nitrogens with one attached hydrogen (secondary N) is 3. The van der Waals surface area contributed by atoms with Gasteiger partial charge in [0.1, 0.15) is 6.04 Å². The zero-order valence-electron chi connectivity index (χ0n) is 25.7. The number of aliphatic hydroxyl groups excluding tert-OH is 1. The molecule has 3 aromatic rings. The minimum atomic E-state index is -1.59. The van der Waals surface area contributed by atoms with Crippen molar-refractivity contribution in [1.29, 1.82) is 0 Å². The van der Waals surface area contributed by atoms with Crippen molar-refractivity contribution in [2.45, 2.75) is 70.9 Å². The highest BCUT2D eigenvalue weighted by Crippen LogP contribution is 2.38. The van der Waals surface area contributed by atoms with Crippen molar-refractivity contribution in [3.05, 3.63) is 72.3 Å². The monoisotopic (exact) mass is 619 g/mol. The van der Waals surface area contributed by atoms with E-state index in [1.54, 1.807) is 12.1 Å². The molecule has 240 valence electrons. The Morgan fingerprint density at radius 3 is 2.04 bits per heavy atom. The molecule has 1 aliphatic rings. The van der Waals surface area contributed by atoms with Crippen molar-refractivity contribution in [3.63, 3.8) is 0 Å². The lowest BCUT2D eigenvalue weighted by Crippen LogP contribution is -2.52. The van der Waals surface area contributed by atoms with E-state index >= 15 is 0 Å². The van der Waals surface area contributed by atoms with Gasteiger partial charge in [-0.2, -0.15) is 0 Å². The predicted octanol–water partition coefficient (Wildman–Crippen LogP) is 3.17. The fraction of sp³-hybridized carbons (Fsp3) is 0.412. The molecule has 4 atom stereocenters. The van der Waals surface area contributed by atoms with Crippen LogP contribution in [0.4, 0.5) is 0 Å². The minimum Gasteiger partial charge on any atom is -0.480 e. The number of rotatable bonds is 15. The standard InChI is InChI=1S/C34H41N3O8/c1-4-22(31(40)35-19-20(2)3)15-27(38)25(14-21-10-6-5-7-11-21)36-30(39)18-26(33(42)43)37-32(41)34-44-28-16-23-12-8-9-13-24(23)17-29(28)45-34/h5-13,16-17,20,22,25-27,34,38H,4,14-15,18-19H2,1-3H3,(H,35,40)(H,36,39)(H,37,41)(H,42,43)/t22-,25+,26+,27+/m1/s1.